The molecule has 0 aromatic carbocycles. The Labute approximate surface area is 224 Å². The normalized spacial score (nSPS) is 45.4. The highest BCUT2D eigenvalue weighted by atomic mass is 16.6. The van der Waals surface area contributed by atoms with E-state index in [0.29, 0.717) is 18.5 Å². The molecule has 0 unspecified atom stereocenters. The van der Waals surface area contributed by atoms with Crippen molar-refractivity contribution in [2.45, 2.75) is 76.7 Å². The van der Waals surface area contributed by atoms with Gasteiger partial charge in [0.2, 0.25) is 0 Å². The maximum atomic E-state index is 13.2. The van der Waals surface area contributed by atoms with Crippen LogP contribution in [0.3, 0.4) is 0 Å². The molecule has 3 heterocycles. The number of H-pyrrole nitrogens is 1. The van der Waals surface area contributed by atoms with Crippen molar-refractivity contribution in [2.24, 2.45) is 29.1 Å². The fraction of sp³-hybridized carbons (Fsp3) is 0.600. The number of nitrogens with one attached hydrogen (secondary N) is 1. The molecule has 206 valence electrons. The highest BCUT2D eigenvalue weighted by Gasteiger charge is 2.73. The topological polar surface area (TPSA) is 107 Å². The average molecular weight is 526 g/mol. The number of hydrogen-bond donors (Lipinski definition) is 2. The van der Waals surface area contributed by atoms with E-state index in [0.717, 1.165) is 5.57 Å². The van der Waals surface area contributed by atoms with Gasteiger partial charge in [-0.05, 0) is 31.1 Å². The lowest BCUT2D eigenvalue weighted by atomic mass is 9.51. The van der Waals surface area contributed by atoms with Gasteiger partial charge in [-0.15, -0.1) is 6.58 Å². The van der Waals surface area contributed by atoms with Crippen LogP contribution in [0.4, 0.5) is 0 Å². The summed E-state index contributed by atoms with van der Waals surface area (Å²) in [6.07, 6.45) is 7.39. The van der Waals surface area contributed by atoms with Crippen molar-refractivity contribution in [3.63, 3.8) is 0 Å². The van der Waals surface area contributed by atoms with E-state index in [9.17, 15) is 14.7 Å². The van der Waals surface area contributed by atoms with Gasteiger partial charge in [0.25, 0.3) is 0 Å². The third kappa shape index (κ3) is 3.91. The van der Waals surface area contributed by atoms with Crippen LogP contribution in [0.5, 0.6) is 0 Å². The molecule has 2 fully saturated rings. The van der Waals surface area contributed by atoms with Gasteiger partial charge in [-0.3, -0.25) is 0 Å². The fourth-order valence-corrected chi connectivity index (χ4v) is 7.46. The molecular weight excluding hydrogens is 486 g/mol. The van der Waals surface area contributed by atoms with E-state index in [1.807, 2.05) is 20.8 Å². The minimum absolute atomic E-state index is 0.125. The summed E-state index contributed by atoms with van der Waals surface area (Å²) in [6, 6.07) is 3.41. The van der Waals surface area contributed by atoms with Crippen molar-refractivity contribution in [3.8, 4) is 0 Å². The molecule has 8 nitrogen and oxygen atoms in total. The number of hydrogen-bond acceptors (Lipinski definition) is 7. The first kappa shape index (κ1) is 26.9. The molecule has 0 amide bonds. The fourth-order valence-electron chi connectivity index (χ4n) is 7.46. The molecule has 1 saturated carbocycles. The van der Waals surface area contributed by atoms with Gasteiger partial charge < -0.3 is 29.0 Å². The molecule has 2 aliphatic heterocycles. The molecule has 1 saturated heterocycles. The Hall–Kier alpha value is -2.68. The molecule has 2 aliphatic carbocycles. The van der Waals surface area contributed by atoms with Gasteiger partial charge in [0.1, 0.15) is 29.6 Å². The molecular formula is C30H39NO7. The number of rotatable bonds is 5. The largest absolute Gasteiger partial charge is 0.460 e. The summed E-state index contributed by atoms with van der Waals surface area (Å²) in [5.74, 6) is -1.95. The summed E-state index contributed by atoms with van der Waals surface area (Å²) in [7, 11) is 1.51. The number of aromatic nitrogens is 1. The Bertz CT molecular complexity index is 1140. The molecule has 11 atom stereocenters. The molecule has 8 heteroatoms. The summed E-state index contributed by atoms with van der Waals surface area (Å²) in [5.41, 5.74) is -0.168. The Morgan fingerprint density at radius 1 is 1.37 bits per heavy atom. The number of cyclic esters (lactones) is 1. The minimum atomic E-state index is -0.906. The molecule has 4 bridgehead atoms. The van der Waals surface area contributed by atoms with E-state index >= 15 is 0 Å². The van der Waals surface area contributed by atoms with Crippen LogP contribution in [0.1, 0.15) is 51.0 Å². The van der Waals surface area contributed by atoms with Crippen molar-refractivity contribution < 1.29 is 33.6 Å². The van der Waals surface area contributed by atoms with Gasteiger partial charge in [-0.1, -0.05) is 45.1 Å². The smallest absolute Gasteiger partial charge is 0.355 e. The first-order chi connectivity index (χ1) is 18.1. The standard InChI is InChI=1S/C30H39NO7/c1-7-9-21-16(2)14-17(3)30-19(15-22(35-6)28(34)36-21)11-12-29(5)25(30)23(32)18(4)24(26(29)38-30)37-27(33)20-10-8-13-31-20/h7-8,10-14,16,18-19,21-26,31-32H,1,9,15H2,2-6H3/b17-14+/t16-,18-,19-,21-,22+,23-,24-,25-,26+,29-,30+/m1/s1. The maximum absolute atomic E-state index is 13.2. The van der Waals surface area contributed by atoms with Crippen LogP contribution in [-0.2, 0) is 23.7 Å². The monoisotopic (exact) mass is 525 g/mol. The van der Waals surface area contributed by atoms with E-state index < -0.39 is 53.5 Å². The van der Waals surface area contributed by atoms with Crippen LogP contribution in [0, 0.1) is 29.1 Å². The van der Waals surface area contributed by atoms with Crippen molar-refractivity contribution in [1.82, 2.24) is 4.98 Å². The quantitative estimate of drug-likeness (QED) is 0.442. The Morgan fingerprint density at radius 2 is 2.13 bits per heavy atom. The third-order valence-corrected chi connectivity index (χ3v) is 9.46. The number of methoxy groups -OCH3 is 1. The second-order valence-corrected chi connectivity index (χ2v) is 11.6. The zero-order chi connectivity index (χ0) is 27.4. The summed E-state index contributed by atoms with van der Waals surface area (Å²) < 4.78 is 24.6. The SMILES string of the molecule is C=CC[C@H]1OC(=O)[C@@H](OC)C[C@H]2C=C[C@]3(C)[C@H]4[C@H](O)[C@@H](C)[C@@H](OC(=O)c5ccc[nH]5)[C@@H]3O[C@@]24/C(C)=C/[C@H]1C. The van der Waals surface area contributed by atoms with Crippen LogP contribution in [0.25, 0.3) is 0 Å². The Morgan fingerprint density at radius 3 is 2.79 bits per heavy atom. The van der Waals surface area contributed by atoms with Gasteiger partial charge in [0.05, 0.1) is 6.10 Å². The third-order valence-electron chi connectivity index (χ3n) is 9.46. The average Bonchev–Trinajstić information content (AvgIpc) is 3.46. The van der Waals surface area contributed by atoms with Crippen molar-refractivity contribution >= 4 is 11.9 Å². The van der Waals surface area contributed by atoms with Crippen LogP contribution >= 0.6 is 0 Å². The highest BCUT2D eigenvalue weighted by molar-refractivity contribution is 5.87. The van der Waals surface area contributed by atoms with E-state index in [-0.39, 0.29) is 23.7 Å². The van der Waals surface area contributed by atoms with Gasteiger partial charge in [0, 0.05) is 48.8 Å². The lowest BCUT2D eigenvalue weighted by Gasteiger charge is -2.52. The van der Waals surface area contributed by atoms with E-state index in [4.69, 9.17) is 18.9 Å². The molecule has 38 heavy (non-hydrogen) atoms. The second-order valence-electron chi connectivity index (χ2n) is 11.6. The van der Waals surface area contributed by atoms with Crippen LogP contribution in [0.2, 0.25) is 0 Å². The predicted octanol–water partition coefficient (Wildman–Crippen LogP) is 3.99. The summed E-state index contributed by atoms with van der Waals surface area (Å²) in [4.78, 5) is 29.1. The number of carbonyl (C=O) groups is 2. The molecule has 2 N–H and O–H groups in total. The van der Waals surface area contributed by atoms with Gasteiger partial charge in [-0.25, -0.2) is 9.59 Å². The number of ether oxygens (including phenoxy) is 4. The summed E-state index contributed by atoms with van der Waals surface area (Å²) in [6.45, 7) is 11.9. The van der Waals surface area contributed by atoms with Crippen molar-refractivity contribution in [2.75, 3.05) is 7.11 Å². The predicted molar refractivity (Wildman–Crippen MR) is 140 cm³/mol. The Kier molecular flexibility index (Phi) is 6.95. The van der Waals surface area contributed by atoms with Crippen LogP contribution < -0.4 is 0 Å². The second kappa shape index (κ2) is 9.81. The highest BCUT2D eigenvalue weighted by Crippen LogP contribution is 2.66. The molecule has 0 radical (unpaired) electrons. The van der Waals surface area contributed by atoms with E-state index in [1.165, 1.54) is 7.11 Å². The molecule has 1 aromatic rings. The zero-order valence-corrected chi connectivity index (χ0v) is 22.8. The molecule has 1 aromatic heterocycles. The zero-order valence-electron chi connectivity index (χ0n) is 22.8. The maximum Gasteiger partial charge on any atom is 0.355 e. The van der Waals surface area contributed by atoms with Gasteiger partial charge >= 0.3 is 11.9 Å². The number of aromatic amines is 1. The minimum Gasteiger partial charge on any atom is -0.460 e. The number of aliphatic hydroxyl groups excluding tert-OH is 1. The summed E-state index contributed by atoms with van der Waals surface area (Å²) >= 11 is 0. The number of esters is 2. The van der Waals surface area contributed by atoms with Crippen LogP contribution in [0.15, 0.2) is 54.8 Å². The van der Waals surface area contributed by atoms with Crippen molar-refractivity contribution in [3.05, 3.63) is 60.5 Å². The first-order valence-electron chi connectivity index (χ1n) is 13.5. The lowest BCUT2D eigenvalue weighted by molar-refractivity contribution is -0.166. The van der Waals surface area contributed by atoms with Crippen LogP contribution in [-0.4, -0.2) is 65.3 Å². The number of carbonyl (C=O) groups excluding carboxylic acids is 2. The lowest BCUT2D eigenvalue weighted by Crippen LogP contribution is -2.61. The number of aliphatic hydroxyl groups is 1. The Balaban J connectivity index is 1.61. The van der Waals surface area contributed by atoms with E-state index in [2.05, 4.69) is 36.7 Å². The van der Waals surface area contributed by atoms with Crippen molar-refractivity contribution in [1.29, 1.82) is 0 Å². The molecule has 4 aliphatic rings. The molecule has 1 spiro atoms. The first-order valence-corrected chi connectivity index (χ1v) is 13.5. The van der Waals surface area contributed by atoms with E-state index in [1.54, 1.807) is 24.4 Å². The summed E-state index contributed by atoms with van der Waals surface area (Å²) in [5, 5.41) is 11.9. The van der Waals surface area contributed by atoms with Gasteiger partial charge in [-0.2, -0.15) is 0 Å². The molecule has 5 rings (SSSR count). The van der Waals surface area contributed by atoms with Gasteiger partial charge in [0.15, 0.2) is 6.10 Å².